The molecule has 21 heavy (non-hydrogen) atoms. The van der Waals surface area contributed by atoms with Gasteiger partial charge in [-0.1, -0.05) is 30.3 Å². The second-order valence-corrected chi connectivity index (χ2v) is 6.90. The van der Waals surface area contributed by atoms with Crippen LogP contribution in [0.5, 0.6) is 0 Å². The van der Waals surface area contributed by atoms with Crippen LogP contribution in [0.4, 0.5) is 10.2 Å². The Morgan fingerprint density at radius 1 is 1.10 bits per heavy atom. The second-order valence-electron chi connectivity index (χ2n) is 4.72. The summed E-state index contributed by atoms with van der Waals surface area (Å²) in [6.07, 6.45) is 1.60. The third kappa shape index (κ3) is 5.51. The number of nitrogens with zero attached hydrogens (tertiary/aromatic N) is 1. The molecule has 2 rings (SSSR count). The van der Waals surface area contributed by atoms with Crippen LogP contribution < -0.4 is 5.32 Å². The molecular formula is C15H17FN2O2S. The van der Waals surface area contributed by atoms with E-state index in [1.165, 1.54) is 12.1 Å². The highest BCUT2D eigenvalue weighted by Gasteiger charge is 2.11. The quantitative estimate of drug-likeness (QED) is 0.799. The Balaban J connectivity index is 1.76. The molecule has 0 spiro atoms. The molecule has 0 atom stereocenters. The van der Waals surface area contributed by atoms with Gasteiger partial charge in [-0.3, -0.25) is 0 Å². The monoisotopic (exact) mass is 308 g/mol. The van der Waals surface area contributed by atoms with E-state index >= 15 is 0 Å². The minimum absolute atomic E-state index is 0.0582. The number of anilines is 1. The summed E-state index contributed by atoms with van der Waals surface area (Å²) < 4.78 is 36.6. The van der Waals surface area contributed by atoms with Gasteiger partial charge < -0.3 is 5.32 Å². The van der Waals surface area contributed by atoms with Gasteiger partial charge in [0.25, 0.3) is 0 Å². The van der Waals surface area contributed by atoms with Gasteiger partial charge in [0.15, 0.2) is 9.84 Å². The summed E-state index contributed by atoms with van der Waals surface area (Å²) in [5.41, 5.74) is 0.797. The topological polar surface area (TPSA) is 59.1 Å². The van der Waals surface area contributed by atoms with Crippen molar-refractivity contribution in [1.29, 1.82) is 0 Å². The zero-order valence-corrected chi connectivity index (χ0v) is 12.3. The molecule has 6 heteroatoms. The molecule has 0 unspecified atom stereocenters. The SMILES string of the molecule is O=S(=O)(CCCNc1ccc(F)cn1)Cc1ccccc1. The molecule has 0 aliphatic rings. The first-order valence-corrected chi connectivity index (χ1v) is 8.47. The minimum atomic E-state index is -3.12. The van der Waals surface area contributed by atoms with Crippen molar-refractivity contribution in [2.75, 3.05) is 17.6 Å². The summed E-state index contributed by atoms with van der Waals surface area (Å²) in [4.78, 5) is 3.84. The number of benzene rings is 1. The van der Waals surface area contributed by atoms with Crippen molar-refractivity contribution in [3.8, 4) is 0 Å². The minimum Gasteiger partial charge on any atom is -0.370 e. The van der Waals surface area contributed by atoms with Crippen molar-refractivity contribution in [3.63, 3.8) is 0 Å². The third-order valence-corrected chi connectivity index (χ3v) is 4.58. The maximum atomic E-state index is 12.7. The average molecular weight is 308 g/mol. The average Bonchev–Trinajstić information content (AvgIpc) is 2.46. The molecule has 1 aromatic heterocycles. The van der Waals surface area contributed by atoms with Crippen LogP contribution in [0.25, 0.3) is 0 Å². The zero-order valence-electron chi connectivity index (χ0n) is 11.5. The fourth-order valence-electron chi connectivity index (χ4n) is 1.89. The van der Waals surface area contributed by atoms with E-state index in [2.05, 4.69) is 10.3 Å². The lowest BCUT2D eigenvalue weighted by molar-refractivity contribution is 0.593. The van der Waals surface area contributed by atoms with Crippen molar-refractivity contribution in [2.45, 2.75) is 12.2 Å². The third-order valence-electron chi connectivity index (χ3n) is 2.90. The summed E-state index contributed by atoms with van der Waals surface area (Å²) >= 11 is 0. The molecule has 0 fully saturated rings. The zero-order chi connectivity index (χ0) is 15.1. The Bertz CT molecular complexity index is 658. The highest BCUT2D eigenvalue weighted by Crippen LogP contribution is 2.08. The van der Waals surface area contributed by atoms with E-state index in [1.807, 2.05) is 18.2 Å². The van der Waals surface area contributed by atoms with Crippen molar-refractivity contribution in [3.05, 3.63) is 60.0 Å². The van der Waals surface area contributed by atoms with Gasteiger partial charge >= 0.3 is 0 Å². The second kappa shape index (κ2) is 7.17. The Morgan fingerprint density at radius 3 is 2.52 bits per heavy atom. The van der Waals surface area contributed by atoms with E-state index in [1.54, 1.807) is 12.1 Å². The summed E-state index contributed by atoms with van der Waals surface area (Å²) in [7, 11) is -3.12. The highest BCUT2D eigenvalue weighted by molar-refractivity contribution is 7.90. The standard InChI is InChI=1S/C15H17FN2O2S/c16-14-7-8-15(18-11-14)17-9-4-10-21(19,20)12-13-5-2-1-3-6-13/h1-3,5-8,11H,4,9-10,12H2,(H,17,18). The van der Waals surface area contributed by atoms with Crippen LogP contribution in [-0.2, 0) is 15.6 Å². The molecule has 1 N–H and O–H groups in total. The summed E-state index contributed by atoms with van der Waals surface area (Å²) in [6.45, 7) is 0.479. The Hall–Kier alpha value is -1.95. The van der Waals surface area contributed by atoms with E-state index in [-0.39, 0.29) is 11.5 Å². The predicted octanol–water partition coefficient (Wildman–Crippen LogP) is 2.64. The van der Waals surface area contributed by atoms with Crippen LogP contribution in [-0.4, -0.2) is 25.7 Å². The lowest BCUT2D eigenvalue weighted by atomic mass is 10.2. The summed E-state index contributed by atoms with van der Waals surface area (Å²) in [5, 5.41) is 2.97. The fraction of sp³-hybridized carbons (Fsp3) is 0.267. The van der Waals surface area contributed by atoms with Crippen molar-refractivity contribution < 1.29 is 12.8 Å². The Kier molecular flexibility index (Phi) is 5.27. The molecule has 1 aromatic carbocycles. The molecule has 0 bridgehead atoms. The maximum absolute atomic E-state index is 12.7. The molecule has 0 amide bonds. The van der Waals surface area contributed by atoms with Crippen LogP contribution in [0.1, 0.15) is 12.0 Å². The van der Waals surface area contributed by atoms with Crippen LogP contribution in [0.3, 0.4) is 0 Å². The van der Waals surface area contributed by atoms with E-state index in [0.717, 1.165) is 11.8 Å². The van der Waals surface area contributed by atoms with Gasteiger partial charge in [-0.05, 0) is 24.1 Å². The lowest BCUT2D eigenvalue weighted by Gasteiger charge is -2.06. The van der Waals surface area contributed by atoms with E-state index < -0.39 is 15.7 Å². The Labute approximate surface area is 124 Å². The molecule has 0 saturated heterocycles. The predicted molar refractivity (Wildman–Crippen MR) is 81.2 cm³/mol. The summed E-state index contributed by atoms with van der Waals surface area (Å²) in [6, 6.07) is 11.9. The molecule has 0 saturated carbocycles. The molecule has 2 aromatic rings. The van der Waals surface area contributed by atoms with Gasteiger partial charge in [-0.15, -0.1) is 0 Å². The molecule has 0 aliphatic heterocycles. The van der Waals surface area contributed by atoms with Gasteiger partial charge in [-0.25, -0.2) is 17.8 Å². The number of hydrogen-bond acceptors (Lipinski definition) is 4. The van der Waals surface area contributed by atoms with Gasteiger partial charge in [0, 0.05) is 6.54 Å². The number of pyridine rings is 1. The number of sulfone groups is 1. The van der Waals surface area contributed by atoms with Crippen molar-refractivity contribution in [1.82, 2.24) is 4.98 Å². The first kappa shape index (κ1) is 15.4. The smallest absolute Gasteiger partial charge is 0.154 e. The molecule has 0 aliphatic carbocycles. The van der Waals surface area contributed by atoms with Crippen molar-refractivity contribution >= 4 is 15.7 Å². The molecule has 4 nitrogen and oxygen atoms in total. The summed E-state index contributed by atoms with van der Waals surface area (Å²) in [5.74, 6) is 0.307. The Morgan fingerprint density at radius 2 is 1.86 bits per heavy atom. The molecular weight excluding hydrogens is 291 g/mol. The number of aromatic nitrogens is 1. The lowest BCUT2D eigenvalue weighted by Crippen LogP contribution is -2.13. The molecule has 0 radical (unpaired) electrons. The number of hydrogen-bond donors (Lipinski definition) is 1. The molecule has 1 heterocycles. The normalized spacial score (nSPS) is 11.3. The highest BCUT2D eigenvalue weighted by atomic mass is 32.2. The van der Waals surface area contributed by atoms with Crippen LogP contribution in [0.15, 0.2) is 48.7 Å². The first-order chi connectivity index (χ1) is 10.1. The van der Waals surface area contributed by atoms with E-state index in [4.69, 9.17) is 0 Å². The molecule has 112 valence electrons. The van der Waals surface area contributed by atoms with Gasteiger partial charge in [0.1, 0.15) is 11.6 Å². The van der Waals surface area contributed by atoms with E-state index in [0.29, 0.717) is 18.8 Å². The number of nitrogens with one attached hydrogen (secondary N) is 1. The van der Waals surface area contributed by atoms with Crippen LogP contribution in [0, 0.1) is 5.82 Å². The van der Waals surface area contributed by atoms with Crippen LogP contribution in [0.2, 0.25) is 0 Å². The maximum Gasteiger partial charge on any atom is 0.154 e. The van der Waals surface area contributed by atoms with Crippen molar-refractivity contribution in [2.24, 2.45) is 0 Å². The number of halogens is 1. The van der Waals surface area contributed by atoms with Gasteiger partial charge in [-0.2, -0.15) is 0 Å². The first-order valence-electron chi connectivity index (χ1n) is 6.65. The fourth-order valence-corrected chi connectivity index (χ4v) is 3.32. The number of rotatable bonds is 7. The largest absolute Gasteiger partial charge is 0.370 e. The van der Waals surface area contributed by atoms with Gasteiger partial charge in [0.05, 0.1) is 17.7 Å². The van der Waals surface area contributed by atoms with Gasteiger partial charge in [0.2, 0.25) is 0 Å². The van der Waals surface area contributed by atoms with Crippen LogP contribution >= 0.6 is 0 Å². The van der Waals surface area contributed by atoms with E-state index in [9.17, 15) is 12.8 Å².